The zero-order valence-corrected chi connectivity index (χ0v) is 18.1. The summed E-state index contributed by atoms with van der Waals surface area (Å²) in [5.74, 6) is -0.329. The maximum Gasteiger partial charge on any atom is 0.261 e. The van der Waals surface area contributed by atoms with Crippen molar-refractivity contribution in [2.24, 2.45) is 0 Å². The number of hydrogen-bond acceptors (Lipinski definition) is 4. The van der Waals surface area contributed by atoms with Gasteiger partial charge in [-0.3, -0.25) is 14.8 Å². The molecule has 0 saturated carbocycles. The summed E-state index contributed by atoms with van der Waals surface area (Å²) in [6.45, 7) is 3.81. The topological polar surface area (TPSA) is 87.3 Å². The van der Waals surface area contributed by atoms with Crippen molar-refractivity contribution in [3.8, 4) is 0 Å². The van der Waals surface area contributed by atoms with Gasteiger partial charge in [0.25, 0.3) is 15.9 Å². The van der Waals surface area contributed by atoms with Crippen LogP contribution < -0.4 is 15.4 Å². The van der Waals surface area contributed by atoms with Gasteiger partial charge in [-0.15, -0.1) is 0 Å². The maximum absolute atomic E-state index is 12.6. The van der Waals surface area contributed by atoms with Crippen molar-refractivity contribution < 1.29 is 13.2 Å². The average Bonchev–Trinajstić information content (AvgIpc) is 2.67. The van der Waals surface area contributed by atoms with Gasteiger partial charge in [0, 0.05) is 16.9 Å². The Balaban J connectivity index is 1.65. The Labute approximate surface area is 181 Å². The van der Waals surface area contributed by atoms with E-state index >= 15 is 0 Å². The van der Waals surface area contributed by atoms with E-state index in [4.69, 9.17) is 12.2 Å². The summed E-state index contributed by atoms with van der Waals surface area (Å²) in [5.41, 5.74) is 3.50. The highest BCUT2D eigenvalue weighted by atomic mass is 32.2. The molecule has 0 heterocycles. The molecule has 6 nitrogen and oxygen atoms in total. The van der Waals surface area contributed by atoms with Crippen LogP contribution in [0.15, 0.2) is 77.7 Å². The molecule has 3 aromatic carbocycles. The van der Waals surface area contributed by atoms with E-state index in [1.165, 1.54) is 12.1 Å². The lowest BCUT2D eigenvalue weighted by atomic mass is 10.1. The SMILES string of the molecule is Cc1cc(C)cc(NS(=O)(=O)c2ccc(NC(=S)NC(=O)c3ccccc3)cc2)c1. The molecule has 8 heteroatoms. The third-order valence-corrected chi connectivity index (χ3v) is 5.76. The molecule has 0 unspecified atom stereocenters. The number of carbonyl (C=O) groups is 1. The van der Waals surface area contributed by atoms with Crippen LogP contribution >= 0.6 is 12.2 Å². The molecule has 0 saturated heterocycles. The number of sulfonamides is 1. The number of thiocarbonyl (C=S) groups is 1. The van der Waals surface area contributed by atoms with Crippen LogP contribution in [0.2, 0.25) is 0 Å². The van der Waals surface area contributed by atoms with Crippen molar-refractivity contribution in [2.45, 2.75) is 18.7 Å². The first-order chi connectivity index (χ1) is 14.2. The average molecular weight is 440 g/mol. The Morgan fingerprint density at radius 1 is 0.833 bits per heavy atom. The first kappa shape index (κ1) is 21.5. The molecular weight excluding hydrogens is 418 g/mol. The first-order valence-electron chi connectivity index (χ1n) is 9.11. The summed E-state index contributed by atoms with van der Waals surface area (Å²) in [6, 6.07) is 20.3. The van der Waals surface area contributed by atoms with Crippen LogP contribution in [-0.4, -0.2) is 19.4 Å². The van der Waals surface area contributed by atoms with Gasteiger partial charge in [0.15, 0.2) is 5.11 Å². The van der Waals surface area contributed by atoms with Crippen LogP contribution in [0.25, 0.3) is 0 Å². The number of amides is 1. The molecule has 0 aliphatic carbocycles. The molecular formula is C22H21N3O3S2. The fraction of sp³-hybridized carbons (Fsp3) is 0.0909. The van der Waals surface area contributed by atoms with Crippen LogP contribution in [0.4, 0.5) is 11.4 Å². The Kier molecular flexibility index (Phi) is 6.49. The molecule has 0 radical (unpaired) electrons. The highest BCUT2D eigenvalue weighted by molar-refractivity contribution is 7.92. The Morgan fingerprint density at radius 2 is 1.43 bits per heavy atom. The van der Waals surface area contributed by atoms with E-state index in [-0.39, 0.29) is 15.9 Å². The third-order valence-electron chi connectivity index (χ3n) is 4.16. The molecule has 0 aliphatic rings. The second-order valence-corrected chi connectivity index (χ2v) is 8.87. The number of hydrogen-bond donors (Lipinski definition) is 3. The minimum absolute atomic E-state index is 0.117. The van der Waals surface area contributed by atoms with E-state index < -0.39 is 10.0 Å². The van der Waals surface area contributed by atoms with Crippen LogP contribution in [0.5, 0.6) is 0 Å². The summed E-state index contributed by atoms with van der Waals surface area (Å²) in [5, 5.41) is 5.57. The largest absolute Gasteiger partial charge is 0.332 e. The van der Waals surface area contributed by atoms with Gasteiger partial charge in [0.05, 0.1) is 4.90 Å². The van der Waals surface area contributed by atoms with Crippen molar-refractivity contribution >= 4 is 44.6 Å². The quantitative estimate of drug-likeness (QED) is 0.518. The minimum Gasteiger partial charge on any atom is -0.332 e. The lowest BCUT2D eigenvalue weighted by Gasteiger charge is -2.12. The van der Waals surface area contributed by atoms with E-state index in [0.29, 0.717) is 16.9 Å². The summed E-state index contributed by atoms with van der Waals surface area (Å²) < 4.78 is 27.9. The van der Waals surface area contributed by atoms with Crippen molar-refractivity contribution in [1.82, 2.24) is 5.32 Å². The fourth-order valence-corrected chi connectivity index (χ4v) is 4.14. The molecule has 0 aliphatic heterocycles. The normalized spacial score (nSPS) is 10.9. The van der Waals surface area contributed by atoms with E-state index in [0.717, 1.165) is 11.1 Å². The first-order valence-corrected chi connectivity index (χ1v) is 11.0. The van der Waals surface area contributed by atoms with Crippen LogP contribution in [0.1, 0.15) is 21.5 Å². The van der Waals surface area contributed by atoms with Gasteiger partial charge < -0.3 is 5.32 Å². The molecule has 3 aromatic rings. The fourth-order valence-electron chi connectivity index (χ4n) is 2.89. The number of anilines is 2. The number of aryl methyl sites for hydroxylation is 2. The molecule has 1 amide bonds. The van der Waals surface area contributed by atoms with Gasteiger partial charge in [0.2, 0.25) is 0 Å². The minimum atomic E-state index is -3.73. The molecule has 0 bridgehead atoms. The highest BCUT2D eigenvalue weighted by Gasteiger charge is 2.15. The molecule has 3 N–H and O–H groups in total. The number of benzene rings is 3. The standard InChI is InChI=1S/C22H21N3O3S2/c1-15-12-16(2)14-19(13-15)25-30(27,28)20-10-8-18(9-11-20)23-22(29)24-21(26)17-6-4-3-5-7-17/h3-14,25H,1-2H3,(H2,23,24,26,29). The lowest BCUT2D eigenvalue weighted by Crippen LogP contribution is -2.34. The molecule has 0 spiro atoms. The maximum atomic E-state index is 12.6. The lowest BCUT2D eigenvalue weighted by molar-refractivity contribution is 0.0977. The number of nitrogens with one attached hydrogen (secondary N) is 3. The van der Waals surface area contributed by atoms with E-state index in [1.807, 2.05) is 26.0 Å². The van der Waals surface area contributed by atoms with Gasteiger partial charge in [-0.25, -0.2) is 8.42 Å². The van der Waals surface area contributed by atoms with Crippen molar-refractivity contribution in [3.63, 3.8) is 0 Å². The van der Waals surface area contributed by atoms with Crippen LogP contribution in [0.3, 0.4) is 0 Å². The zero-order chi connectivity index (χ0) is 21.7. The van der Waals surface area contributed by atoms with Gasteiger partial charge in [-0.1, -0.05) is 24.3 Å². The predicted molar refractivity (Wildman–Crippen MR) is 123 cm³/mol. The zero-order valence-electron chi connectivity index (χ0n) is 16.5. The van der Waals surface area contributed by atoms with Gasteiger partial charge in [0.1, 0.15) is 0 Å². The molecule has 0 fully saturated rings. The Bertz CT molecular complexity index is 1160. The van der Waals surface area contributed by atoms with Gasteiger partial charge >= 0.3 is 0 Å². The van der Waals surface area contributed by atoms with E-state index in [2.05, 4.69) is 15.4 Å². The van der Waals surface area contributed by atoms with Crippen LogP contribution in [-0.2, 0) is 10.0 Å². The third kappa shape index (κ3) is 5.65. The highest BCUT2D eigenvalue weighted by Crippen LogP contribution is 2.20. The number of rotatable bonds is 5. The second-order valence-electron chi connectivity index (χ2n) is 6.78. The van der Waals surface area contributed by atoms with Gasteiger partial charge in [-0.05, 0) is 85.7 Å². The van der Waals surface area contributed by atoms with Gasteiger partial charge in [-0.2, -0.15) is 0 Å². The Hall–Kier alpha value is -3.23. The predicted octanol–water partition coefficient (Wildman–Crippen LogP) is 4.23. The van der Waals surface area contributed by atoms with Crippen molar-refractivity contribution in [2.75, 3.05) is 10.0 Å². The van der Waals surface area contributed by atoms with E-state index in [1.54, 1.807) is 48.5 Å². The van der Waals surface area contributed by atoms with Crippen LogP contribution in [0, 0.1) is 13.8 Å². The smallest absolute Gasteiger partial charge is 0.261 e. The second kappa shape index (κ2) is 9.06. The van der Waals surface area contributed by atoms with Crippen molar-refractivity contribution in [1.29, 1.82) is 0 Å². The summed E-state index contributed by atoms with van der Waals surface area (Å²) in [4.78, 5) is 12.2. The number of carbonyl (C=O) groups excluding carboxylic acids is 1. The Morgan fingerprint density at radius 3 is 2.03 bits per heavy atom. The molecule has 3 rings (SSSR count). The van der Waals surface area contributed by atoms with E-state index in [9.17, 15) is 13.2 Å². The molecule has 154 valence electrons. The molecule has 0 atom stereocenters. The van der Waals surface area contributed by atoms with Crippen molar-refractivity contribution in [3.05, 3.63) is 89.5 Å². The summed E-state index contributed by atoms with van der Waals surface area (Å²) in [7, 11) is -3.73. The summed E-state index contributed by atoms with van der Waals surface area (Å²) >= 11 is 5.16. The monoisotopic (exact) mass is 439 g/mol. The molecule has 0 aromatic heterocycles. The molecule has 30 heavy (non-hydrogen) atoms. The summed E-state index contributed by atoms with van der Waals surface area (Å²) in [6.07, 6.45) is 0.